The summed E-state index contributed by atoms with van der Waals surface area (Å²) in [7, 11) is 0. The second-order valence-electron chi connectivity index (χ2n) is 3.97. The molecule has 102 valence electrons. The van der Waals surface area contributed by atoms with Crippen molar-refractivity contribution in [2.75, 3.05) is 6.54 Å². The number of rotatable bonds is 4. The standard InChI is InChI=1S/C13H13F3N2O/c1-2-17-7-9-3-4-12(19-9)10-8-18-6-5-11(10)13(14,15)16/h3-6,8,17H,2,7H2,1H3. The van der Waals surface area contributed by atoms with Crippen LogP contribution in [0.5, 0.6) is 0 Å². The van der Waals surface area contributed by atoms with E-state index < -0.39 is 11.7 Å². The van der Waals surface area contributed by atoms with Crippen LogP contribution in [0.1, 0.15) is 18.2 Å². The Labute approximate surface area is 108 Å². The third kappa shape index (κ3) is 3.14. The fourth-order valence-corrected chi connectivity index (χ4v) is 1.70. The van der Waals surface area contributed by atoms with Crippen LogP contribution < -0.4 is 5.32 Å². The molecule has 1 N–H and O–H groups in total. The first-order valence-corrected chi connectivity index (χ1v) is 5.83. The lowest BCUT2D eigenvalue weighted by atomic mass is 10.1. The van der Waals surface area contributed by atoms with E-state index in [2.05, 4.69) is 10.3 Å². The van der Waals surface area contributed by atoms with Crippen LogP contribution >= 0.6 is 0 Å². The van der Waals surface area contributed by atoms with Gasteiger partial charge < -0.3 is 9.73 Å². The predicted octanol–water partition coefficient (Wildman–Crippen LogP) is 3.47. The number of hydrogen-bond donors (Lipinski definition) is 1. The van der Waals surface area contributed by atoms with E-state index in [1.165, 1.54) is 12.3 Å². The van der Waals surface area contributed by atoms with Crippen LogP contribution in [0.4, 0.5) is 13.2 Å². The average Bonchev–Trinajstić information content (AvgIpc) is 2.84. The van der Waals surface area contributed by atoms with E-state index in [0.29, 0.717) is 12.3 Å². The molecule has 3 nitrogen and oxygen atoms in total. The van der Waals surface area contributed by atoms with Gasteiger partial charge in [-0.3, -0.25) is 4.98 Å². The van der Waals surface area contributed by atoms with Gasteiger partial charge in [0.25, 0.3) is 0 Å². The lowest BCUT2D eigenvalue weighted by molar-refractivity contribution is -0.137. The first-order chi connectivity index (χ1) is 9.02. The van der Waals surface area contributed by atoms with Gasteiger partial charge in [-0.05, 0) is 24.7 Å². The Bertz CT molecular complexity index is 549. The van der Waals surface area contributed by atoms with E-state index in [-0.39, 0.29) is 11.3 Å². The zero-order valence-electron chi connectivity index (χ0n) is 10.3. The molecule has 0 amide bonds. The van der Waals surface area contributed by atoms with Crippen LogP contribution in [0.2, 0.25) is 0 Å². The van der Waals surface area contributed by atoms with E-state index in [0.717, 1.165) is 18.8 Å². The van der Waals surface area contributed by atoms with Crippen molar-refractivity contribution in [3.05, 3.63) is 41.9 Å². The van der Waals surface area contributed by atoms with Crippen molar-refractivity contribution in [2.45, 2.75) is 19.6 Å². The van der Waals surface area contributed by atoms with Crippen molar-refractivity contribution in [1.82, 2.24) is 10.3 Å². The summed E-state index contributed by atoms with van der Waals surface area (Å²) in [5, 5.41) is 3.04. The van der Waals surface area contributed by atoms with Gasteiger partial charge in [0.15, 0.2) is 0 Å². The topological polar surface area (TPSA) is 38.1 Å². The predicted molar refractivity (Wildman–Crippen MR) is 64.3 cm³/mol. The monoisotopic (exact) mass is 270 g/mol. The molecule has 2 rings (SSSR count). The summed E-state index contributed by atoms with van der Waals surface area (Å²) in [6.07, 6.45) is -2.14. The smallest absolute Gasteiger partial charge is 0.417 e. The minimum atomic E-state index is -4.42. The molecule has 2 heterocycles. The maximum atomic E-state index is 12.9. The van der Waals surface area contributed by atoms with Crippen LogP contribution in [0.25, 0.3) is 11.3 Å². The molecule has 0 atom stereocenters. The minimum absolute atomic E-state index is 0.0438. The van der Waals surface area contributed by atoms with Gasteiger partial charge >= 0.3 is 6.18 Å². The van der Waals surface area contributed by atoms with Gasteiger partial charge in [-0.15, -0.1) is 0 Å². The van der Waals surface area contributed by atoms with Crippen molar-refractivity contribution in [2.24, 2.45) is 0 Å². The molecule has 6 heteroatoms. The van der Waals surface area contributed by atoms with Gasteiger partial charge in [-0.1, -0.05) is 6.92 Å². The Hall–Kier alpha value is -1.82. The first-order valence-electron chi connectivity index (χ1n) is 5.83. The first kappa shape index (κ1) is 13.6. The molecule has 0 radical (unpaired) electrons. The molecule has 0 saturated heterocycles. The van der Waals surface area contributed by atoms with E-state index >= 15 is 0 Å². The van der Waals surface area contributed by atoms with Gasteiger partial charge in [-0.25, -0.2) is 0 Å². The van der Waals surface area contributed by atoms with Gasteiger partial charge in [0, 0.05) is 18.0 Å². The largest absolute Gasteiger partial charge is 0.460 e. The SMILES string of the molecule is CCNCc1ccc(-c2cnccc2C(F)(F)F)o1. The molecule has 0 aliphatic rings. The molecule has 2 aromatic rings. The number of hydrogen-bond acceptors (Lipinski definition) is 3. The van der Waals surface area contributed by atoms with Gasteiger partial charge in [0.05, 0.1) is 12.1 Å². The fraction of sp³-hybridized carbons (Fsp3) is 0.308. The summed E-state index contributed by atoms with van der Waals surface area (Å²) < 4.78 is 44.0. The molecular weight excluding hydrogens is 257 g/mol. The highest BCUT2D eigenvalue weighted by atomic mass is 19.4. The molecule has 0 aromatic carbocycles. The minimum Gasteiger partial charge on any atom is -0.460 e. The number of pyridine rings is 1. The summed E-state index contributed by atoms with van der Waals surface area (Å²) in [5.74, 6) is 0.766. The van der Waals surface area contributed by atoms with Crippen LogP contribution in [-0.2, 0) is 12.7 Å². The normalized spacial score (nSPS) is 11.8. The number of furan rings is 1. The molecule has 0 fully saturated rings. The zero-order chi connectivity index (χ0) is 13.9. The lowest BCUT2D eigenvalue weighted by Crippen LogP contribution is -2.10. The summed E-state index contributed by atoms with van der Waals surface area (Å²) in [6.45, 7) is 3.18. The number of alkyl halides is 3. The summed E-state index contributed by atoms with van der Waals surface area (Å²) in [5.41, 5.74) is -0.787. The van der Waals surface area contributed by atoms with Gasteiger partial charge in [0.2, 0.25) is 0 Å². The molecule has 0 bridgehead atoms. The second kappa shape index (κ2) is 5.44. The molecule has 0 aliphatic heterocycles. The highest BCUT2D eigenvalue weighted by Crippen LogP contribution is 2.36. The molecule has 0 unspecified atom stereocenters. The molecule has 0 saturated carbocycles. The molecule has 19 heavy (non-hydrogen) atoms. The van der Waals surface area contributed by atoms with E-state index in [1.54, 1.807) is 6.07 Å². The third-order valence-corrected chi connectivity index (χ3v) is 2.60. The number of aromatic nitrogens is 1. The Morgan fingerprint density at radius 1 is 1.26 bits per heavy atom. The van der Waals surface area contributed by atoms with Crippen LogP contribution in [-0.4, -0.2) is 11.5 Å². The highest BCUT2D eigenvalue weighted by molar-refractivity contribution is 5.61. The van der Waals surface area contributed by atoms with Crippen LogP contribution in [0, 0.1) is 0 Å². The Morgan fingerprint density at radius 2 is 2.05 bits per heavy atom. The number of nitrogens with zero attached hydrogens (tertiary/aromatic N) is 1. The van der Waals surface area contributed by atoms with E-state index in [4.69, 9.17) is 4.42 Å². The molecule has 2 aromatic heterocycles. The zero-order valence-corrected chi connectivity index (χ0v) is 10.3. The molecule has 0 spiro atoms. The third-order valence-electron chi connectivity index (χ3n) is 2.60. The maximum absolute atomic E-state index is 12.9. The average molecular weight is 270 g/mol. The van der Waals surface area contributed by atoms with Crippen molar-refractivity contribution < 1.29 is 17.6 Å². The fourth-order valence-electron chi connectivity index (χ4n) is 1.70. The molecular formula is C13H13F3N2O. The summed E-state index contributed by atoms with van der Waals surface area (Å²) in [6, 6.07) is 4.13. The Morgan fingerprint density at radius 3 is 2.74 bits per heavy atom. The van der Waals surface area contributed by atoms with Crippen molar-refractivity contribution in [3.63, 3.8) is 0 Å². The molecule has 0 aliphatic carbocycles. The highest BCUT2D eigenvalue weighted by Gasteiger charge is 2.34. The summed E-state index contributed by atoms with van der Waals surface area (Å²) in [4.78, 5) is 3.73. The van der Waals surface area contributed by atoms with E-state index in [1.807, 2.05) is 6.92 Å². The van der Waals surface area contributed by atoms with Crippen molar-refractivity contribution >= 4 is 0 Å². The maximum Gasteiger partial charge on any atom is 0.417 e. The van der Waals surface area contributed by atoms with Crippen molar-refractivity contribution in [3.8, 4) is 11.3 Å². The number of nitrogens with one attached hydrogen (secondary N) is 1. The van der Waals surface area contributed by atoms with Gasteiger partial charge in [0.1, 0.15) is 11.5 Å². The second-order valence-corrected chi connectivity index (χ2v) is 3.97. The number of halogens is 3. The van der Waals surface area contributed by atoms with Crippen LogP contribution in [0.15, 0.2) is 35.0 Å². The Kier molecular flexibility index (Phi) is 3.90. The van der Waals surface area contributed by atoms with Gasteiger partial charge in [-0.2, -0.15) is 13.2 Å². The van der Waals surface area contributed by atoms with Crippen molar-refractivity contribution in [1.29, 1.82) is 0 Å². The quantitative estimate of drug-likeness (QED) is 0.924. The lowest BCUT2D eigenvalue weighted by Gasteiger charge is -2.10. The summed E-state index contributed by atoms with van der Waals surface area (Å²) >= 11 is 0. The van der Waals surface area contributed by atoms with Crippen LogP contribution in [0.3, 0.4) is 0 Å². The van der Waals surface area contributed by atoms with E-state index in [9.17, 15) is 13.2 Å². The Balaban J connectivity index is 2.34.